The standard InChI is InChI=1S/C12H18N2O4/c1-2-9(8-11(15)16)14-12(17)13-6-5-10-4-3-7-18-10/h3-4,7,9H,2,5-6,8H2,1H3,(H,15,16)(H2,13,14,17). The molecule has 6 nitrogen and oxygen atoms in total. The molecule has 1 heterocycles. The van der Waals surface area contributed by atoms with Gasteiger partial charge in [0.25, 0.3) is 0 Å². The Hall–Kier alpha value is -1.98. The van der Waals surface area contributed by atoms with Crippen molar-refractivity contribution in [3.05, 3.63) is 24.2 Å². The Morgan fingerprint density at radius 2 is 2.28 bits per heavy atom. The second-order valence-electron chi connectivity index (χ2n) is 3.93. The number of hydrogen-bond donors (Lipinski definition) is 3. The van der Waals surface area contributed by atoms with Gasteiger partial charge in [0.15, 0.2) is 0 Å². The van der Waals surface area contributed by atoms with Crippen LogP contribution in [0.5, 0.6) is 0 Å². The van der Waals surface area contributed by atoms with Gasteiger partial charge in [-0.15, -0.1) is 0 Å². The molecule has 0 aliphatic carbocycles. The first kappa shape index (κ1) is 14.1. The van der Waals surface area contributed by atoms with E-state index in [9.17, 15) is 9.59 Å². The van der Waals surface area contributed by atoms with Gasteiger partial charge in [0.2, 0.25) is 0 Å². The highest BCUT2D eigenvalue weighted by Gasteiger charge is 2.13. The summed E-state index contributed by atoms with van der Waals surface area (Å²) in [5.74, 6) is -0.120. The number of rotatable bonds is 7. The average Bonchev–Trinajstić information content (AvgIpc) is 2.80. The Morgan fingerprint density at radius 1 is 1.50 bits per heavy atom. The molecule has 0 bridgehead atoms. The maximum absolute atomic E-state index is 11.5. The topological polar surface area (TPSA) is 91.6 Å². The van der Waals surface area contributed by atoms with Crippen molar-refractivity contribution < 1.29 is 19.1 Å². The molecule has 1 unspecified atom stereocenters. The summed E-state index contributed by atoms with van der Waals surface area (Å²) in [6.45, 7) is 2.28. The van der Waals surface area contributed by atoms with Gasteiger partial charge in [0.05, 0.1) is 12.7 Å². The van der Waals surface area contributed by atoms with Gasteiger partial charge >= 0.3 is 12.0 Å². The zero-order valence-corrected chi connectivity index (χ0v) is 10.3. The number of carboxylic acids is 1. The summed E-state index contributed by atoms with van der Waals surface area (Å²) in [6.07, 6.45) is 2.70. The Kier molecular flexibility index (Phi) is 5.76. The van der Waals surface area contributed by atoms with E-state index >= 15 is 0 Å². The van der Waals surface area contributed by atoms with Crippen LogP contribution in [0.3, 0.4) is 0 Å². The lowest BCUT2D eigenvalue weighted by molar-refractivity contribution is -0.137. The van der Waals surface area contributed by atoms with Gasteiger partial charge in [0.1, 0.15) is 5.76 Å². The number of hydrogen-bond acceptors (Lipinski definition) is 3. The van der Waals surface area contributed by atoms with Crippen LogP contribution in [0.1, 0.15) is 25.5 Å². The van der Waals surface area contributed by atoms with Gasteiger partial charge in [0, 0.05) is 19.0 Å². The molecule has 1 aromatic heterocycles. The number of nitrogens with one attached hydrogen (secondary N) is 2. The van der Waals surface area contributed by atoms with Crippen molar-refractivity contribution in [2.45, 2.75) is 32.2 Å². The summed E-state index contributed by atoms with van der Waals surface area (Å²) in [5, 5.41) is 13.9. The maximum atomic E-state index is 11.5. The fraction of sp³-hybridized carbons (Fsp3) is 0.500. The van der Waals surface area contributed by atoms with Crippen molar-refractivity contribution in [2.24, 2.45) is 0 Å². The lowest BCUT2D eigenvalue weighted by atomic mass is 10.1. The second kappa shape index (κ2) is 7.37. The monoisotopic (exact) mass is 254 g/mol. The number of carbonyl (C=O) groups is 2. The predicted molar refractivity (Wildman–Crippen MR) is 65.3 cm³/mol. The van der Waals surface area contributed by atoms with E-state index < -0.39 is 5.97 Å². The minimum absolute atomic E-state index is 0.0674. The Bertz CT molecular complexity index is 375. The summed E-state index contributed by atoms with van der Waals surface area (Å²) in [6, 6.07) is 2.93. The fourth-order valence-electron chi connectivity index (χ4n) is 1.50. The molecule has 2 amide bonds. The lowest BCUT2D eigenvalue weighted by Gasteiger charge is -2.15. The molecule has 0 aliphatic rings. The molecule has 0 saturated carbocycles. The number of aliphatic carboxylic acids is 1. The van der Waals surface area contributed by atoms with Crippen molar-refractivity contribution in [1.29, 1.82) is 0 Å². The van der Waals surface area contributed by atoms with E-state index in [1.54, 1.807) is 12.3 Å². The van der Waals surface area contributed by atoms with Crippen molar-refractivity contribution >= 4 is 12.0 Å². The average molecular weight is 254 g/mol. The van der Waals surface area contributed by atoms with Crippen molar-refractivity contribution in [3.8, 4) is 0 Å². The molecule has 0 aromatic carbocycles. The Balaban J connectivity index is 2.21. The van der Waals surface area contributed by atoms with Gasteiger partial charge in [-0.25, -0.2) is 4.79 Å². The maximum Gasteiger partial charge on any atom is 0.315 e. The SMILES string of the molecule is CCC(CC(=O)O)NC(=O)NCCc1ccco1. The zero-order chi connectivity index (χ0) is 13.4. The van der Waals surface area contributed by atoms with Crippen molar-refractivity contribution in [2.75, 3.05) is 6.54 Å². The molecule has 1 atom stereocenters. The summed E-state index contributed by atoms with van der Waals surface area (Å²) in [4.78, 5) is 22.0. The molecular weight excluding hydrogens is 236 g/mol. The van der Waals surface area contributed by atoms with Crippen LogP contribution in [0.2, 0.25) is 0 Å². The summed E-state index contributed by atoms with van der Waals surface area (Å²) in [7, 11) is 0. The molecule has 6 heteroatoms. The van der Waals surface area contributed by atoms with Crippen LogP contribution in [0.15, 0.2) is 22.8 Å². The first-order valence-corrected chi connectivity index (χ1v) is 5.90. The smallest absolute Gasteiger partial charge is 0.315 e. The van der Waals surface area contributed by atoms with Crippen LogP contribution >= 0.6 is 0 Å². The minimum atomic E-state index is -0.919. The van der Waals surface area contributed by atoms with E-state index in [-0.39, 0.29) is 18.5 Å². The third-order valence-electron chi connectivity index (χ3n) is 2.49. The molecule has 0 aliphatic heterocycles. The van der Waals surface area contributed by atoms with Crippen LogP contribution in [0.4, 0.5) is 4.79 Å². The predicted octanol–water partition coefficient (Wildman–Crippen LogP) is 1.37. The number of carboxylic acid groups (broad SMARTS) is 1. The quantitative estimate of drug-likeness (QED) is 0.685. The number of urea groups is 1. The summed E-state index contributed by atoms with van der Waals surface area (Å²) < 4.78 is 5.12. The van der Waals surface area contributed by atoms with Gasteiger partial charge in [-0.1, -0.05) is 6.92 Å². The number of furan rings is 1. The molecule has 0 saturated heterocycles. The highest BCUT2D eigenvalue weighted by atomic mass is 16.4. The summed E-state index contributed by atoms with van der Waals surface area (Å²) in [5.41, 5.74) is 0. The molecule has 18 heavy (non-hydrogen) atoms. The molecule has 1 aromatic rings. The largest absolute Gasteiger partial charge is 0.481 e. The van der Waals surface area contributed by atoms with Crippen molar-refractivity contribution in [3.63, 3.8) is 0 Å². The lowest BCUT2D eigenvalue weighted by Crippen LogP contribution is -2.43. The van der Waals surface area contributed by atoms with Gasteiger partial charge in [-0.05, 0) is 18.6 Å². The molecular formula is C12H18N2O4. The highest BCUT2D eigenvalue weighted by Crippen LogP contribution is 2.00. The van der Waals surface area contributed by atoms with Crippen LogP contribution in [-0.4, -0.2) is 29.7 Å². The van der Waals surface area contributed by atoms with E-state index in [0.29, 0.717) is 19.4 Å². The van der Waals surface area contributed by atoms with Crippen LogP contribution < -0.4 is 10.6 Å². The third kappa shape index (κ3) is 5.38. The van der Waals surface area contributed by atoms with Crippen LogP contribution in [0.25, 0.3) is 0 Å². The van der Waals surface area contributed by atoms with E-state index in [2.05, 4.69) is 10.6 Å². The molecule has 0 spiro atoms. The minimum Gasteiger partial charge on any atom is -0.481 e. The Labute approximate surface area is 105 Å². The zero-order valence-electron chi connectivity index (χ0n) is 10.3. The van der Waals surface area contributed by atoms with E-state index in [4.69, 9.17) is 9.52 Å². The fourth-order valence-corrected chi connectivity index (χ4v) is 1.50. The van der Waals surface area contributed by atoms with E-state index in [1.165, 1.54) is 0 Å². The Morgan fingerprint density at radius 3 is 2.83 bits per heavy atom. The molecule has 100 valence electrons. The highest BCUT2D eigenvalue weighted by molar-refractivity contribution is 5.75. The first-order valence-electron chi connectivity index (χ1n) is 5.90. The van der Waals surface area contributed by atoms with Crippen LogP contribution in [-0.2, 0) is 11.2 Å². The summed E-state index contributed by atoms with van der Waals surface area (Å²) >= 11 is 0. The molecule has 3 N–H and O–H groups in total. The first-order chi connectivity index (χ1) is 8.61. The van der Waals surface area contributed by atoms with E-state index in [1.807, 2.05) is 13.0 Å². The molecule has 1 rings (SSSR count). The third-order valence-corrected chi connectivity index (χ3v) is 2.49. The second-order valence-corrected chi connectivity index (χ2v) is 3.93. The van der Waals surface area contributed by atoms with E-state index in [0.717, 1.165) is 5.76 Å². The number of amides is 2. The van der Waals surface area contributed by atoms with Crippen LogP contribution in [0, 0.1) is 0 Å². The van der Waals surface area contributed by atoms with Gasteiger partial charge in [-0.2, -0.15) is 0 Å². The molecule has 0 radical (unpaired) electrons. The van der Waals surface area contributed by atoms with Crippen molar-refractivity contribution in [1.82, 2.24) is 10.6 Å². The normalized spacial score (nSPS) is 11.8. The van der Waals surface area contributed by atoms with Gasteiger partial charge in [-0.3, -0.25) is 4.79 Å². The molecule has 0 fully saturated rings. The van der Waals surface area contributed by atoms with Gasteiger partial charge < -0.3 is 20.2 Å². The number of carbonyl (C=O) groups excluding carboxylic acids is 1.